The average Bonchev–Trinajstić information content (AvgIpc) is 2.37. The van der Waals surface area contributed by atoms with Crippen molar-refractivity contribution in [1.29, 1.82) is 0 Å². The van der Waals surface area contributed by atoms with E-state index in [2.05, 4.69) is 20.3 Å². The number of alkyl halides is 3. The Bertz CT molecular complexity index is 617. The molecule has 1 heterocycles. The average molecular weight is 285 g/mol. The summed E-state index contributed by atoms with van der Waals surface area (Å²) in [7, 11) is 1.43. The lowest BCUT2D eigenvalue weighted by Gasteiger charge is -2.11. The fourth-order valence-corrected chi connectivity index (χ4v) is 1.44. The van der Waals surface area contributed by atoms with Gasteiger partial charge in [-0.1, -0.05) is 12.1 Å². The summed E-state index contributed by atoms with van der Waals surface area (Å²) in [5.74, 6) is -1.76. The lowest BCUT2D eigenvalue weighted by atomic mass is 10.3. The quantitative estimate of drug-likeness (QED) is 0.899. The van der Waals surface area contributed by atoms with Crippen LogP contribution in [0.4, 0.5) is 30.8 Å². The molecule has 0 fully saturated rings. The van der Waals surface area contributed by atoms with Crippen molar-refractivity contribution < 1.29 is 17.9 Å². The van der Waals surface area contributed by atoms with Crippen LogP contribution in [0.5, 0.6) is 5.75 Å². The molecule has 106 valence electrons. The van der Waals surface area contributed by atoms with E-state index in [1.807, 2.05) is 0 Å². The maximum Gasteiger partial charge on any atom is 0.451 e. The molecule has 20 heavy (non-hydrogen) atoms. The molecule has 0 bridgehead atoms. The fraction of sp³-hybridized carbons (Fsp3) is 0.182. The number of benzene rings is 1. The highest BCUT2D eigenvalue weighted by Crippen LogP contribution is 2.29. The Morgan fingerprint density at radius 2 is 1.85 bits per heavy atom. The van der Waals surface area contributed by atoms with Crippen molar-refractivity contribution in [1.82, 2.24) is 15.0 Å². The van der Waals surface area contributed by atoms with E-state index < -0.39 is 17.9 Å². The molecule has 0 unspecified atom stereocenters. The Hall–Kier alpha value is -2.58. The smallest absolute Gasteiger partial charge is 0.451 e. The van der Waals surface area contributed by atoms with Gasteiger partial charge in [0.1, 0.15) is 5.75 Å². The normalized spacial score (nSPS) is 11.2. The van der Waals surface area contributed by atoms with Crippen molar-refractivity contribution in [3.8, 4) is 5.75 Å². The maximum absolute atomic E-state index is 12.6. The maximum atomic E-state index is 12.6. The first-order valence-corrected chi connectivity index (χ1v) is 5.39. The van der Waals surface area contributed by atoms with E-state index >= 15 is 0 Å². The number of aromatic nitrogens is 3. The molecule has 6 nitrogen and oxygen atoms in total. The standard InChI is InChI=1S/C11H10F3N5O/c1-20-7-5-3-2-4-6(7)16-10-18-8(11(12,13)14)17-9(15)19-10/h2-5H,1H3,(H3,15,16,17,18,19). The van der Waals surface area contributed by atoms with E-state index in [4.69, 9.17) is 10.5 Å². The minimum atomic E-state index is -4.70. The molecule has 0 atom stereocenters. The number of nitrogens with zero attached hydrogens (tertiary/aromatic N) is 3. The highest BCUT2D eigenvalue weighted by atomic mass is 19.4. The number of hydrogen-bond donors (Lipinski definition) is 2. The van der Waals surface area contributed by atoms with Gasteiger partial charge in [0.2, 0.25) is 17.7 Å². The predicted octanol–water partition coefficient (Wildman–Crippen LogP) is 2.22. The summed E-state index contributed by atoms with van der Waals surface area (Å²) in [4.78, 5) is 9.94. The second-order valence-electron chi connectivity index (χ2n) is 3.66. The molecular weight excluding hydrogens is 275 g/mol. The first kappa shape index (κ1) is 13.8. The molecular formula is C11H10F3N5O. The van der Waals surface area contributed by atoms with Gasteiger partial charge in [0.05, 0.1) is 12.8 Å². The van der Waals surface area contributed by atoms with Gasteiger partial charge in [0.15, 0.2) is 0 Å². The summed E-state index contributed by atoms with van der Waals surface area (Å²) in [5.41, 5.74) is 5.66. The zero-order chi connectivity index (χ0) is 14.8. The minimum Gasteiger partial charge on any atom is -0.495 e. The van der Waals surface area contributed by atoms with Gasteiger partial charge < -0.3 is 15.8 Å². The molecule has 9 heteroatoms. The monoisotopic (exact) mass is 285 g/mol. The Morgan fingerprint density at radius 3 is 2.50 bits per heavy atom. The first-order chi connectivity index (χ1) is 9.40. The zero-order valence-corrected chi connectivity index (χ0v) is 10.3. The van der Waals surface area contributed by atoms with Gasteiger partial charge >= 0.3 is 6.18 Å². The number of anilines is 3. The van der Waals surface area contributed by atoms with Gasteiger partial charge in [0, 0.05) is 0 Å². The molecule has 1 aromatic heterocycles. The number of rotatable bonds is 3. The molecule has 2 rings (SSSR count). The van der Waals surface area contributed by atoms with Gasteiger partial charge in [-0.05, 0) is 12.1 Å². The van der Waals surface area contributed by atoms with Crippen LogP contribution in [0.3, 0.4) is 0 Å². The highest BCUT2D eigenvalue weighted by molar-refractivity contribution is 5.62. The number of nitrogen functional groups attached to an aromatic ring is 1. The van der Waals surface area contributed by atoms with E-state index in [9.17, 15) is 13.2 Å². The third kappa shape index (κ3) is 3.05. The number of methoxy groups -OCH3 is 1. The summed E-state index contributed by atoms with van der Waals surface area (Å²) in [6, 6.07) is 6.64. The third-order valence-electron chi connectivity index (χ3n) is 2.26. The lowest BCUT2D eigenvalue weighted by molar-refractivity contribution is -0.144. The largest absolute Gasteiger partial charge is 0.495 e. The topological polar surface area (TPSA) is 86.0 Å². The first-order valence-electron chi connectivity index (χ1n) is 5.39. The van der Waals surface area contributed by atoms with E-state index in [1.54, 1.807) is 24.3 Å². The molecule has 0 spiro atoms. The van der Waals surface area contributed by atoms with E-state index in [0.29, 0.717) is 11.4 Å². The van der Waals surface area contributed by atoms with E-state index in [1.165, 1.54) is 7.11 Å². The molecule has 0 radical (unpaired) electrons. The second kappa shape index (κ2) is 5.19. The summed E-state index contributed by atoms with van der Waals surface area (Å²) < 4.78 is 42.8. The van der Waals surface area contributed by atoms with Crippen molar-refractivity contribution in [2.75, 3.05) is 18.2 Å². The summed E-state index contributed by atoms with van der Waals surface area (Å²) in [5, 5.41) is 2.61. The van der Waals surface area contributed by atoms with Gasteiger partial charge in [-0.25, -0.2) is 0 Å². The number of nitrogens with one attached hydrogen (secondary N) is 1. The summed E-state index contributed by atoms with van der Waals surface area (Å²) >= 11 is 0. The second-order valence-corrected chi connectivity index (χ2v) is 3.66. The lowest BCUT2D eigenvalue weighted by Crippen LogP contribution is -2.15. The Morgan fingerprint density at radius 1 is 1.15 bits per heavy atom. The van der Waals surface area contributed by atoms with Crippen molar-refractivity contribution in [2.45, 2.75) is 6.18 Å². The van der Waals surface area contributed by atoms with Crippen LogP contribution in [-0.4, -0.2) is 22.1 Å². The van der Waals surface area contributed by atoms with Gasteiger partial charge in [0.25, 0.3) is 0 Å². The number of ether oxygens (including phenoxy) is 1. The molecule has 1 aromatic carbocycles. The van der Waals surface area contributed by atoms with Crippen LogP contribution in [0.15, 0.2) is 24.3 Å². The van der Waals surface area contributed by atoms with E-state index in [-0.39, 0.29) is 5.95 Å². The number of hydrogen-bond acceptors (Lipinski definition) is 6. The van der Waals surface area contributed by atoms with Gasteiger partial charge in [-0.3, -0.25) is 0 Å². The Balaban J connectivity index is 2.36. The minimum absolute atomic E-state index is 0.311. The molecule has 0 aliphatic carbocycles. The molecule has 0 saturated carbocycles. The van der Waals surface area contributed by atoms with E-state index in [0.717, 1.165) is 0 Å². The van der Waals surface area contributed by atoms with Gasteiger partial charge in [-0.2, -0.15) is 28.1 Å². The zero-order valence-electron chi connectivity index (χ0n) is 10.3. The van der Waals surface area contributed by atoms with Crippen LogP contribution in [0.25, 0.3) is 0 Å². The van der Waals surface area contributed by atoms with Crippen LogP contribution in [0, 0.1) is 0 Å². The molecule has 3 N–H and O–H groups in total. The number of nitrogens with two attached hydrogens (primary N) is 1. The Kier molecular flexibility index (Phi) is 3.59. The van der Waals surface area contributed by atoms with Crippen LogP contribution in [-0.2, 0) is 6.18 Å². The number of para-hydroxylation sites is 2. The molecule has 0 aliphatic heterocycles. The fourth-order valence-electron chi connectivity index (χ4n) is 1.44. The van der Waals surface area contributed by atoms with Crippen molar-refractivity contribution in [3.05, 3.63) is 30.1 Å². The van der Waals surface area contributed by atoms with Crippen LogP contribution in [0.1, 0.15) is 5.82 Å². The van der Waals surface area contributed by atoms with Gasteiger partial charge in [-0.15, -0.1) is 0 Å². The van der Waals surface area contributed by atoms with Crippen molar-refractivity contribution in [3.63, 3.8) is 0 Å². The molecule has 2 aromatic rings. The van der Waals surface area contributed by atoms with Crippen LogP contribution >= 0.6 is 0 Å². The van der Waals surface area contributed by atoms with Crippen molar-refractivity contribution >= 4 is 17.6 Å². The van der Waals surface area contributed by atoms with Crippen molar-refractivity contribution in [2.24, 2.45) is 0 Å². The third-order valence-corrected chi connectivity index (χ3v) is 2.26. The summed E-state index contributed by atoms with van der Waals surface area (Å²) in [6.45, 7) is 0. The highest BCUT2D eigenvalue weighted by Gasteiger charge is 2.35. The molecule has 0 saturated heterocycles. The number of halogens is 3. The molecule has 0 aliphatic rings. The summed E-state index contributed by atoms with van der Waals surface area (Å²) in [6.07, 6.45) is -4.70. The predicted molar refractivity (Wildman–Crippen MR) is 65.5 cm³/mol. The molecule has 0 amide bonds. The SMILES string of the molecule is COc1ccccc1Nc1nc(N)nc(C(F)(F)F)n1. The van der Waals surface area contributed by atoms with Crippen LogP contribution in [0.2, 0.25) is 0 Å². The van der Waals surface area contributed by atoms with Crippen LogP contribution < -0.4 is 15.8 Å². The Labute approximate surface area is 111 Å².